The number of hydrogen-bond acceptors (Lipinski definition) is 10. The first-order chi connectivity index (χ1) is 16.9. The summed E-state index contributed by atoms with van der Waals surface area (Å²) in [6.45, 7) is 3.55. The molecule has 0 aliphatic carbocycles. The van der Waals surface area contributed by atoms with Crippen LogP contribution in [-0.2, 0) is 4.74 Å². The third-order valence-electron chi connectivity index (χ3n) is 4.98. The Kier molecular flexibility index (Phi) is 6.88. The molecule has 0 radical (unpaired) electrons. The number of thiophene rings is 1. The average Bonchev–Trinajstić information content (AvgIpc) is 3.11. The Bertz CT molecular complexity index is 1440. The first-order valence-corrected chi connectivity index (χ1v) is 11.5. The van der Waals surface area contributed by atoms with Crippen molar-refractivity contribution in [2.24, 2.45) is 5.10 Å². The monoisotopic (exact) mass is 489 g/mol. The number of esters is 1. The third-order valence-corrected chi connectivity index (χ3v) is 6.18. The molecule has 0 saturated carbocycles. The molecule has 4 aromatic rings. The van der Waals surface area contributed by atoms with Crippen molar-refractivity contribution >= 4 is 56.6 Å². The number of amides is 1. The van der Waals surface area contributed by atoms with Crippen molar-refractivity contribution < 1.29 is 14.3 Å². The number of benzene rings is 2. The van der Waals surface area contributed by atoms with Crippen molar-refractivity contribution in [3.8, 4) is 0 Å². The van der Waals surface area contributed by atoms with E-state index in [1.54, 1.807) is 38.1 Å². The van der Waals surface area contributed by atoms with Gasteiger partial charge in [-0.05, 0) is 43.7 Å². The van der Waals surface area contributed by atoms with Gasteiger partial charge in [0, 0.05) is 5.69 Å². The van der Waals surface area contributed by atoms with E-state index >= 15 is 0 Å². The van der Waals surface area contributed by atoms with Gasteiger partial charge in [-0.15, -0.1) is 11.3 Å². The largest absolute Gasteiger partial charge is 0.462 e. The highest BCUT2D eigenvalue weighted by Crippen LogP contribution is 2.34. The van der Waals surface area contributed by atoms with E-state index in [0.717, 1.165) is 11.3 Å². The minimum atomic E-state index is -0.584. The molecule has 4 rings (SSSR count). The second-order valence-electron chi connectivity index (χ2n) is 7.36. The SMILES string of the molecule is CCOC(=O)c1c(NN=c2c(N)nc3ccccc3nc2N)sc(C(=O)Nc2ccccc2)c1C. The van der Waals surface area contributed by atoms with Gasteiger partial charge in [0.2, 0.25) is 0 Å². The maximum absolute atomic E-state index is 13.0. The lowest BCUT2D eigenvalue weighted by atomic mass is 10.1. The van der Waals surface area contributed by atoms with Crippen LogP contribution in [0.3, 0.4) is 0 Å². The van der Waals surface area contributed by atoms with Crippen LogP contribution in [0.2, 0.25) is 0 Å². The van der Waals surface area contributed by atoms with E-state index < -0.39 is 5.97 Å². The number of hydrogen-bond donors (Lipinski definition) is 4. The molecule has 0 fully saturated rings. The number of ether oxygens (including phenoxy) is 1. The van der Waals surface area contributed by atoms with E-state index in [1.165, 1.54) is 0 Å². The molecule has 0 bridgehead atoms. The number of carbonyl (C=O) groups is 2. The Balaban J connectivity index is 1.77. The molecule has 6 N–H and O–H groups in total. The van der Waals surface area contributed by atoms with Crippen molar-refractivity contribution in [1.82, 2.24) is 9.97 Å². The number of para-hydroxylation sites is 3. The quantitative estimate of drug-likeness (QED) is 0.237. The molecule has 1 amide bonds. The van der Waals surface area contributed by atoms with Crippen LogP contribution in [-0.4, -0.2) is 28.5 Å². The Morgan fingerprint density at radius 2 is 1.60 bits per heavy atom. The first-order valence-electron chi connectivity index (χ1n) is 10.7. The van der Waals surface area contributed by atoms with Crippen molar-refractivity contribution in [2.45, 2.75) is 13.8 Å². The lowest BCUT2D eigenvalue weighted by molar-refractivity contribution is 0.0527. The Morgan fingerprint density at radius 3 is 2.20 bits per heavy atom. The molecule has 2 heterocycles. The molecule has 0 aliphatic rings. The second kappa shape index (κ2) is 10.2. The number of carbonyl (C=O) groups excluding carboxylic acids is 2. The summed E-state index contributed by atoms with van der Waals surface area (Å²) in [5.74, 6) is -0.843. The highest BCUT2D eigenvalue weighted by Gasteiger charge is 2.26. The number of fused-ring (bicyclic) bond motifs is 1. The van der Waals surface area contributed by atoms with E-state index in [2.05, 4.69) is 25.8 Å². The normalized spacial score (nSPS) is 10.6. The molecule has 2 aromatic carbocycles. The van der Waals surface area contributed by atoms with Crippen LogP contribution in [0.15, 0.2) is 59.7 Å². The highest BCUT2D eigenvalue weighted by atomic mass is 32.1. The Morgan fingerprint density at radius 1 is 1.00 bits per heavy atom. The van der Waals surface area contributed by atoms with E-state index in [0.29, 0.717) is 32.2 Å². The van der Waals surface area contributed by atoms with E-state index in [9.17, 15) is 9.59 Å². The average molecular weight is 490 g/mol. The molecule has 10 nitrogen and oxygen atoms in total. The number of nitrogens with two attached hydrogens (primary N) is 2. The van der Waals surface area contributed by atoms with Crippen molar-refractivity contribution in [3.63, 3.8) is 0 Å². The van der Waals surface area contributed by atoms with Crippen LogP contribution in [0, 0.1) is 6.92 Å². The number of rotatable bonds is 6. The van der Waals surface area contributed by atoms with Crippen LogP contribution < -0.4 is 27.6 Å². The second-order valence-corrected chi connectivity index (χ2v) is 8.38. The summed E-state index contributed by atoms with van der Waals surface area (Å²) >= 11 is 1.06. The molecule has 35 heavy (non-hydrogen) atoms. The standard InChI is InChI=1S/C24H23N7O3S/c1-3-34-24(33)17-13(2)19(22(32)27-14-9-5-4-6-10-14)35-23(17)31-30-18-20(25)28-15-11-7-8-12-16(15)29-21(18)26/h4-12,31H,3H2,1-2H3,(H,27,32)(H4,25,26,28,29,30). The van der Waals surface area contributed by atoms with Gasteiger partial charge in [-0.1, -0.05) is 30.3 Å². The lowest BCUT2D eigenvalue weighted by Gasteiger charge is -2.05. The fourth-order valence-corrected chi connectivity index (χ4v) is 4.37. The smallest absolute Gasteiger partial charge is 0.341 e. The molecular weight excluding hydrogens is 466 g/mol. The van der Waals surface area contributed by atoms with Crippen LogP contribution in [0.25, 0.3) is 11.0 Å². The molecule has 178 valence electrons. The predicted molar refractivity (Wildman–Crippen MR) is 137 cm³/mol. The molecule has 0 saturated heterocycles. The maximum atomic E-state index is 13.0. The van der Waals surface area contributed by atoms with Crippen LogP contribution in [0.1, 0.15) is 32.5 Å². The van der Waals surface area contributed by atoms with Gasteiger partial charge < -0.3 is 21.5 Å². The molecule has 11 heteroatoms. The van der Waals surface area contributed by atoms with Gasteiger partial charge in [0.1, 0.15) is 5.00 Å². The lowest BCUT2D eigenvalue weighted by Crippen LogP contribution is -2.17. The van der Waals surface area contributed by atoms with Gasteiger partial charge in [-0.25, -0.2) is 14.8 Å². The first kappa shape index (κ1) is 23.6. The van der Waals surface area contributed by atoms with E-state index in [4.69, 9.17) is 16.2 Å². The Labute approximate surface area is 204 Å². The summed E-state index contributed by atoms with van der Waals surface area (Å²) in [6.07, 6.45) is 0. The zero-order valence-electron chi connectivity index (χ0n) is 19.0. The zero-order valence-corrected chi connectivity index (χ0v) is 19.8. The molecule has 0 atom stereocenters. The number of aromatic nitrogens is 2. The Hall–Kier alpha value is -4.51. The predicted octanol–water partition coefficient (Wildman–Crippen LogP) is 3.52. The number of nitrogens with zero attached hydrogens (tertiary/aromatic N) is 3. The van der Waals surface area contributed by atoms with Crippen molar-refractivity contribution in [2.75, 3.05) is 28.8 Å². The van der Waals surface area contributed by atoms with Crippen LogP contribution >= 0.6 is 11.3 Å². The number of anilines is 4. The minimum absolute atomic E-state index is 0.0525. The molecular formula is C24H23N7O3S. The van der Waals surface area contributed by atoms with Crippen molar-refractivity contribution in [3.05, 3.63) is 76.0 Å². The summed E-state index contributed by atoms with van der Waals surface area (Å²) in [4.78, 5) is 34.7. The van der Waals surface area contributed by atoms with Gasteiger partial charge in [-0.3, -0.25) is 10.2 Å². The number of nitrogen functional groups attached to an aromatic ring is 2. The van der Waals surface area contributed by atoms with Gasteiger partial charge in [0.15, 0.2) is 17.0 Å². The van der Waals surface area contributed by atoms with Crippen LogP contribution in [0.5, 0.6) is 0 Å². The molecule has 2 aromatic heterocycles. The molecule has 0 spiro atoms. The summed E-state index contributed by atoms with van der Waals surface area (Å²) in [7, 11) is 0. The highest BCUT2D eigenvalue weighted by molar-refractivity contribution is 7.18. The topological polar surface area (TPSA) is 158 Å². The maximum Gasteiger partial charge on any atom is 0.341 e. The molecule has 0 unspecified atom stereocenters. The van der Waals surface area contributed by atoms with E-state index in [1.807, 2.05) is 30.3 Å². The minimum Gasteiger partial charge on any atom is -0.462 e. The molecule has 0 aliphatic heterocycles. The third kappa shape index (κ3) is 5.04. The van der Waals surface area contributed by atoms with Gasteiger partial charge in [0.05, 0.1) is 28.1 Å². The summed E-state index contributed by atoms with van der Waals surface area (Å²) in [5, 5.41) is 7.52. The van der Waals surface area contributed by atoms with Gasteiger partial charge in [0.25, 0.3) is 5.91 Å². The number of nitrogens with one attached hydrogen (secondary N) is 2. The van der Waals surface area contributed by atoms with Gasteiger partial charge in [-0.2, -0.15) is 5.10 Å². The summed E-state index contributed by atoms with van der Waals surface area (Å²) in [5.41, 5.74) is 17.5. The summed E-state index contributed by atoms with van der Waals surface area (Å²) in [6, 6.07) is 16.2. The van der Waals surface area contributed by atoms with Crippen LogP contribution in [0.4, 0.5) is 22.3 Å². The summed E-state index contributed by atoms with van der Waals surface area (Å²) < 4.78 is 5.21. The fourth-order valence-electron chi connectivity index (χ4n) is 3.34. The van der Waals surface area contributed by atoms with Crippen molar-refractivity contribution in [1.29, 1.82) is 0 Å². The zero-order chi connectivity index (χ0) is 24.9. The fraction of sp³-hybridized carbons (Fsp3) is 0.125. The van der Waals surface area contributed by atoms with Gasteiger partial charge >= 0.3 is 5.97 Å². The van der Waals surface area contributed by atoms with E-state index in [-0.39, 0.29) is 35.1 Å².